The first-order chi connectivity index (χ1) is 13.4. The number of aromatic nitrogens is 4. The monoisotopic (exact) mass is 381 g/mol. The van der Waals surface area contributed by atoms with Crippen molar-refractivity contribution in [2.45, 2.75) is 40.0 Å². The predicted octanol–water partition coefficient (Wildman–Crippen LogP) is 3.05. The number of fused-ring (bicyclic) bond motifs is 1. The van der Waals surface area contributed by atoms with E-state index >= 15 is 0 Å². The molecule has 3 aromatic rings. The predicted molar refractivity (Wildman–Crippen MR) is 104 cm³/mol. The fourth-order valence-electron chi connectivity index (χ4n) is 2.90. The normalized spacial score (nSPS) is 12.0. The first-order valence-corrected chi connectivity index (χ1v) is 9.16. The standard InChI is InChI=1S/C20H23N5O3/c1-5-12(2)15-8-6-7-9-16(15)22-17(26)11-28-19(27)18-23-20-21-13(3)10-14(4)25(20)24-18/h6-10,12H,5,11H2,1-4H3,(H,22,26)/t12-/m0/s1. The van der Waals surface area contributed by atoms with Gasteiger partial charge in [-0.3, -0.25) is 4.79 Å². The summed E-state index contributed by atoms with van der Waals surface area (Å²) in [5.41, 5.74) is 3.34. The van der Waals surface area contributed by atoms with Crippen molar-refractivity contribution in [2.75, 3.05) is 11.9 Å². The highest BCUT2D eigenvalue weighted by Crippen LogP contribution is 2.26. The van der Waals surface area contributed by atoms with E-state index in [4.69, 9.17) is 4.74 Å². The van der Waals surface area contributed by atoms with Crippen LogP contribution < -0.4 is 5.32 Å². The Bertz CT molecular complexity index is 1030. The molecule has 3 rings (SSSR count). The Hall–Kier alpha value is -3.29. The van der Waals surface area contributed by atoms with Crippen molar-refractivity contribution in [3.05, 3.63) is 53.1 Å². The molecule has 0 aliphatic carbocycles. The second-order valence-corrected chi connectivity index (χ2v) is 6.71. The number of hydrogen-bond donors (Lipinski definition) is 1. The van der Waals surface area contributed by atoms with Crippen LogP contribution in [0.4, 0.5) is 5.69 Å². The first-order valence-electron chi connectivity index (χ1n) is 9.16. The van der Waals surface area contributed by atoms with Gasteiger partial charge in [0.25, 0.3) is 17.5 Å². The molecule has 0 radical (unpaired) electrons. The van der Waals surface area contributed by atoms with Crippen molar-refractivity contribution >= 4 is 23.3 Å². The second-order valence-electron chi connectivity index (χ2n) is 6.71. The lowest BCUT2D eigenvalue weighted by Crippen LogP contribution is -2.22. The maximum Gasteiger partial charge on any atom is 0.378 e. The van der Waals surface area contributed by atoms with E-state index in [1.165, 1.54) is 4.52 Å². The van der Waals surface area contributed by atoms with Crippen molar-refractivity contribution in [1.29, 1.82) is 0 Å². The van der Waals surface area contributed by atoms with Crippen LogP contribution in [0.25, 0.3) is 5.78 Å². The Morgan fingerprint density at radius 3 is 2.71 bits per heavy atom. The van der Waals surface area contributed by atoms with E-state index in [1.807, 2.05) is 44.2 Å². The van der Waals surface area contributed by atoms with Gasteiger partial charge in [-0.25, -0.2) is 14.3 Å². The number of aryl methyl sites for hydroxylation is 2. The number of para-hydroxylation sites is 1. The van der Waals surface area contributed by atoms with Gasteiger partial charge in [0, 0.05) is 17.1 Å². The molecule has 1 amide bonds. The molecule has 8 heteroatoms. The maximum absolute atomic E-state index is 12.2. The number of nitrogens with zero attached hydrogens (tertiary/aromatic N) is 4. The van der Waals surface area contributed by atoms with Gasteiger partial charge in [-0.2, -0.15) is 4.98 Å². The lowest BCUT2D eigenvalue weighted by molar-refractivity contribution is -0.119. The molecule has 2 heterocycles. The summed E-state index contributed by atoms with van der Waals surface area (Å²) in [7, 11) is 0. The molecule has 0 fully saturated rings. The van der Waals surface area contributed by atoms with Crippen LogP contribution in [0.15, 0.2) is 30.3 Å². The summed E-state index contributed by atoms with van der Waals surface area (Å²) in [5.74, 6) is -0.697. The highest BCUT2D eigenvalue weighted by molar-refractivity contribution is 5.95. The summed E-state index contributed by atoms with van der Waals surface area (Å²) in [6, 6.07) is 9.43. The van der Waals surface area contributed by atoms with Crippen LogP contribution in [0.1, 0.15) is 53.8 Å². The minimum absolute atomic E-state index is 0.131. The van der Waals surface area contributed by atoms with Crippen LogP contribution in [0, 0.1) is 13.8 Å². The zero-order chi connectivity index (χ0) is 20.3. The Labute approximate surface area is 163 Å². The number of anilines is 1. The summed E-state index contributed by atoms with van der Waals surface area (Å²) in [6.07, 6.45) is 0.953. The summed E-state index contributed by atoms with van der Waals surface area (Å²) in [6.45, 7) is 7.44. The van der Waals surface area contributed by atoms with E-state index in [0.717, 1.165) is 29.1 Å². The number of rotatable bonds is 6. The van der Waals surface area contributed by atoms with Crippen molar-refractivity contribution in [2.24, 2.45) is 0 Å². The Balaban J connectivity index is 1.65. The summed E-state index contributed by atoms with van der Waals surface area (Å²) in [4.78, 5) is 32.8. The molecule has 146 valence electrons. The fraction of sp³-hybridized carbons (Fsp3) is 0.350. The van der Waals surface area contributed by atoms with Crippen LogP contribution in [0.2, 0.25) is 0 Å². The average molecular weight is 381 g/mol. The molecule has 0 aliphatic heterocycles. The summed E-state index contributed by atoms with van der Waals surface area (Å²) in [5, 5.41) is 6.90. The second kappa shape index (κ2) is 8.16. The highest BCUT2D eigenvalue weighted by Gasteiger charge is 2.18. The van der Waals surface area contributed by atoms with Gasteiger partial charge in [0.05, 0.1) is 0 Å². The molecule has 1 atom stereocenters. The molecule has 0 spiro atoms. The van der Waals surface area contributed by atoms with Crippen molar-refractivity contribution in [1.82, 2.24) is 19.6 Å². The van der Waals surface area contributed by atoms with Gasteiger partial charge in [-0.15, -0.1) is 5.10 Å². The van der Waals surface area contributed by atoms with E-state index in [0.29, 0.717) is 11.7 Å². The highest BCUT2D eigenvalue weighted by atomic mass is 16.5. The molecular weight excluding hydrogens is 358 g/mol. The van der Waals surface area contributed by atoms with Gasteiger partial charge in [0.15, 0.2) is 6.61 Å². The molecular formula is C20H23N5O3. The van der Waals surface area contributed by atoms with Crippen molar-refractivity contribution < 1.29 is 14.3 Å². The minimum Gasteiger partial charge on any atom is -0.450 e. The molecule has 0 saturated carbocycles. The minimum atomic E-state index is -0.770. The fourth-order valence-corrected chi connectivity index (χ4v) is 2.90. The zero-order valence-electron chi connectivity index (χ0n) is 16.4. The Morgan fingerprint density at radius 2 is 1.96 bits per heavy atom. The Morgan fingerprint density at radius 1 is 1.21 bits per heavy atom. The molecule has 0 saturated heterocycles. The molecule has 1 aromatic carbocycles. The topological polar surface area (TPSA) is 98.5 Å². The average Bonchev–Trinajstić information content (AvgIpc) is 3.10. The molecule has 0 bridgehead atoms. The molecule has 0 unspecified atom stereocenters. The SMILES string of the molecule is CC[C@H](C)c1ccccc1NC(=O)COC(=O)c1nc2nc(C)cc(C)n2n1. The van der Waals surface area contributed by atoms with Crippen LogP contribution in [0.3, 0.4) is 0 Å². The number of benzene rings is 1. The molecule has 2 aromatic heterocycles. The van der Waals surface area contributed by atoms with Crippen molar-refractivity contribution in [3.63, 3.8) is 0 Å². The number of ether oxygens (including phenoxy) is 1. The van der Waals surface area contributed by atoms with Crippen molar-refractivity contribution in [3.8, 4) is 0 Å². The van der Waals surface area contributed by atoms with Gasteiger partial charge >= 0.3 is 5.97 Å². The number of esters is 1. The van der Waals surface area contributed by atoms with Crippen LogP contribution in [0.5, 0.6) is 0 Å². The lowest BCUT2D eigenvalue weighted by Gasteiger charge is -2.15. The summed E-state index contributed by atoms with van der Waals surface area (Å²) < 4.78 is 6.54. The number of hydrogen-bond acceptors (Lipinski definition) is 6. The van der Waals surface area contributed by atoms with E-state index in [1.54, 1.807) is 0 Å². The van der Waals surface area contributed by atoms with Gasteiger partial charge in [-0.1, -0.05) is 32.0 Å². The first kappa shape index (κ1) is 19.5. The molecule has 8 nitrogen and oxygen atoms in total. The third-order valence-electron chi connectivity index (χ3n) is 4.51. The number of carbonyl (C=O) groups excluding carboxylic acids is 2. The molecule has 1 N–H and O–H groups in total. The quantitative estimate of drug-likeness (QED) is 0.659. The van der Waals surface area contributed by atoms with E-state index in [9.17, 15) is 9.59 Å². The van der Waals surface area contributed by atoms with E-state index in [-0.39, 0.29) is 5.82 Å². The van der Waals surface area contributed by atoms with Gasteiger partial charge < -0.3 is 10.1 Å². The van der Waals surface area contributed by atoms with Crippen LogP contribution in [-0.4, -0.2) is 38.1 Å². The largest absolute Gasteiger partial charge is 0.450 e. The number of nitrogens with one attached hydrogen (secondary N) is 1. The van der Waals surface area contributed by atoms with Gasteiger partial charge in [0.1, 0.15) is 0 Å². The molecule has 28 heavy (non-hydrogen) atoms. The van der Waals surface area contributed by atoms with Crippen LogP contribution >= 0.6 is 0 Å². The number of carbonyl (C=O) groups is 2. The third-order valence-corrected chi connectivity index (χ3v) is 4.51. The smallest absolute Gasteiger partial charge is 0.378 e. The van der Waals surface area contributed by atoms with E-state index < -0.39 is 18.5 Å². The third kappa shape index (κ3) is 4.16. The molecule has 0 aliphatic rings. The van der Waals surface area contributed by atoms with Gasteiger partial charge in [-0.05, 0) is 43.9 Å². The lowest BCUT2D eigenvalue weighted by atomic mass is 9.97. The number of amides is 1. The van der Waals surface area contributed by atoms with Crippen LogP contribution in [-0.2, 0) is 9.53 Å². The summed E-state index contributed by atoms with van der Waals surface area (Å²) >= 11 is 0. The van der Waals surface area contributed by atoms with Gasteiger partial charge in [0.2, 0.25) is 0 Å². The maximum atomic E-state index is 12.2. The Kier molecular flexibility index (Phi) is 5.67. The zero-order valence-corrected chi connectivity index (χ0v) is 16.4. The van der Waals surface area contributed by atoms with E-state index in [2.05, 4.69) is 34.2 Å².